The number of hydrogen-bond acceptors (Lipinski definition) is 4. The first-order chi connectivity index (χ1) is 13.8. The molecule has 4 nitrogen and oxygen atoms in total. The summed E-state index contributed by atoms with van der Waals surface area (Å²) in [4.78, 5) is 6.03. The Balaban J connectivity index is 1.74. The van der Waals surface area contributed by atoms with Crippen LogP contribution in [0.4, 0.5) is 5.13 Å². The highest BCUT2D eigenvalue weighted by Crippen LogP contribution is 2.26. The molecule has 0 fully saturated rings. The monoisotopic (exact) mass is 410 g/mol. The highest BCUT2D eigenvalue weighted by molar-refractivity contribution is 7.21. The lowest BCUT2D eigenvalue weighted by Crippen LogP contribution is -2.33. The molecule has 0 unspecified atom stereocenters. The van der Waals surface area contributed by atoms with Gasteiger partial charge in [0.1, 0.15) is 5.52 Å². The number of para-hydroxylation sites is 1. The van der Waals surface area contributed by atoms with Crippen molar-refractivity contribution in [1.82, 2.24) is 4.57 Å². The van der Waals surface area contributed by atoms with Gasteiger partial charge in [0.25, 0.3) is 0 Å². The van der Waals surface area contributed by atoms with Crippen LogP contribution in [0.2, 0.25) is 0 Å². The summed E-state index contributed by atoms with van der Waals surface area (Å²) in [6, 6.07) is 18.9. The van der Waals surface area contributed by atoms with Crippen LogP contribution < -0.4 is 9.37 Å². The molecule has 4 rings (SSSR count). The smallest absolute Gasteiger partial charge is 0.386 e. The highest BCUT2D eigenvalue weighted by atomic mass is 32.1. The van der Waals surface area contributed by atoms with Gasteiger partial charge in [-0.15, -0.1) is 0 Å². The second kappa shape index (κ2) is 8.82. The third-order valence-corrected chi connectivity index (χ3v) is 6.79. The molecule has 0 bridgehead atoms. The van der Waals surface area contributed by atoms with Crippen molar-refractivity contribution < 1.29 is 9.67 Å². The van der Waals surface area contributed by atoms with Gasteiger partial charge in [0, 0.05) is 24.0 Å². The van der Waals surface area contributed by atoms with E-state index >= 15 is 0 Å². The number of benzene rings is 2. The SMILES string of the molecule is Cn1c(-c2ccccc2)cs/c1=N/c1sc2ccccc2[n+]1CCCCCO. The molecule has 0 saturated carbocycles. The van der Waals surface area contributed by atoms with Gasteiger partial charge in [0.2, 0.25) is 0 Å². The highest BCUT2D eigenvalue weighted by Gasteiger charge is 2.19. The fourth-order valence-electron chi connectivity index (χ4n) is 3.30. The fourth-order valence-corrected chi connectivity index (χ4v) is 5.33. The molecular formula is C22H24N3OS2+. The van der Waals surface area contributed by atoms with E-state index in [1.165, 1.54) is 21.5 Å². The van der Waals surface area contributed by atoms with Gasteiger partial charge in [-0.2, -0.15) is 0 Å². The average Bonchev–Trinajstić information content (AvgIpc) is 3.27. The molecule has 2 aromatic carbocycles. The molecule has 144 valence electrons. The molecule has 0 atom stereocenters. The Morgan fingerprint density at radius 3 is 2.61 bits per heavy atom. The number of hydrogen-bond donors (Lipinski definition) is 1. The quantitative estimate of drug-likeness (QED) is 0.350. The summed E-state index contributed by atoms with van der Waals surface area (Å²) in [5.74, 6) is 0. The molecule has 0 amide bonds. The van der Waals surface area contributed by atoms with Gasteiger partial charge in [-0.25, -0.2) is 4.57 Å². The standard InChI is InChI=1S/C22H24N3OS2/c1-24-19(17-10-4-2-5-11-17)16-27-21(24)23-22-25(14-8-3-9-15-26)18-12-6-7-13-20(18)28-22/h2,4-7,10-13,16,26H,3,8-9,14-15H2,1H3/q+1. The number of unbranched alkanes of at least 4 members (excludes halogenated alkanes) is 2. The zero-order valence-electron chi connectivity index (χ0n) is 15.9. The van der Waals surface area contributed by atoms with Crippen LogP contribution in [0.25, 0.3) is 21.5 Å². The lowest BCUT2D eigenvalue weighted by Gasteiger charge is -2.01. The van der Waals surface area contributed by atoms with Crippen molar-refractivity contribution in [3.05, 3.63) is 64.8 Å². The molecule has 0 radical (unpaired) electrons. The fraction of sp³-hybridized carbons (Fsp3) is 0.273. The van der Waals surface area contributed by atoms with Gasteiger partial charge in [0.05, 0.1) is 16.9 Å². The lowest BCUT2D eigenvalue weighted by atomic mass is 10.2. The summed E-state index contributed by atoms with van der Waals surface area (Å²) >= 11 is 3.41. The van der Waals surface area contributed by atoms with Crippen molar-refractivity contribution in [1.29, 1.82) is 0 Å². The van der Waals surface area contributed by atoms with Gasteiger partial charge >= 0.3 is 9.93 Å². The third kappa shape index (κ3) is 3.94. The first-order valence-electron chi connectivity index (χ1n) is 9.55. The second-order valence-corrected chi connectivity index (χ2v) is 8.57. The molecule has 4 aromatic rings. The minimum atomic E-state index is 0.263. The zero-order chi connectivity index (χ0) is 19.3. The average molecular weight is 411 g/mol. The van der Waals surface area contributed by atoms with Crippen LogP contribution in [0.1, 0.15) is 19.3 Å². The minimum absolute atomic E-state index is 0.263. The van der Waals surface area contributed by atoms with E-state index in [1.807, 2.05) is 6.07 Å². The predicted octanol–water partition coefficient (Wildman–Crippen LogP) is 4.65. The molecule has 1 N–H and O–H groups in total. The molecule has 6 heteroatoms. The van der Waals surface area contributed by atoms with Crippen molar-refractivity contribution in [2.24, 2.45) is 12.0 Å². The van der Waals surface area contributed by atoms with Crippen LogP contribution in [0.5, 0.6) is 0 Å². The van der Waals surface area contributed by atoms with Gasteiger partial charge in [0.15, 0.2) is 0 Å². The minimum Gasteiger partial charge on any atom is -0.396 e. The summed E-state index contributed by atoms with van der Waals surface area (Å²) in [7, 11) is 2.08. The summed E-state index contributed by atoms with van der Waals surface area (Å²) in [6.45, 7) is 1.18. The van der Waals surface area contributed by atoms with Gasteiger partial charge in [-0.3, -0.25) is 4.57 Å². The Kier molecular flexibility index (Phi) is 6.00. The number of aryl methyl sites for hydroxylation is 1. The van der Waals surface area contributed by atoms with Gasteiger partial charge in [-0.05, 0) is 48.3 Å². The van der Waals surface area contributed by atoms with E-state index in [4.69, 9.17) is 10.1 Å². The number of aliphatic hydroxyl groups excluding tert-OH is 1. The molecular weight excluding hydrogens is 386 g/mol. The van der Waals surface area contributed by atoms with Crippen LogP contribution >= 0.6 is 22.7 Å². The maximum atomic E-state index is 9.05. The Bertz CT molecular complexity index is 1130. The summed E-state index contributed by atoms with van der Waals surface area (Å²) < 4.78 is 5.74. The first kappa shape index (κ1) is 19.1. The summed E-state index contributed by atoms with van der Waals surface area (Å²) in [5.41, 5.74) is 3.62. The maximum Gasteiger partial charge on any atom is 0.386 e. The van der Waals surface area contributed by atoms with Gasteiger partial charge in [-0.1, -0.05) is 53.8 Å². The molecule has 0 aliphatic rings. The number of aromatic nitrogens is 2. The zero-order valence-corrected chi connectivity index (χ0v) is 17.5. The maximum absolute atomic E-state index is 9.05. The van der Waals surface area contributed by atoms with E-state index in [0.29, 0.717) is 0 Å². The van der Waals surface area contributed by atoms with Crippen LogP contribution in [-0.2, 0) is 13.6 Å². The topological polar surface area (TPSA) is 41.4 Å². The van der Waals surface area contributed by atoms with Crippen molar-refractivity contribution in [2.45, 2.75) is 25.8 Å². The largest absolute Gasteiger partial charge is 0.396 e. The van der Waals surface area contributed by atoms with Gasteiger partial charge < -0.3 is 5.11 Å². The Morgan fingerprint density at radius 1 is 1.00 bits per heavy atom. The van der Waals surface area contributed by atoms with E-state index in [1.54, 1.807) is 22.7 Å². The number of aliphatic hydroxyl groups is 1. The van der Waals surface area contributed by atoms with Crippen LogP contribution in [0.15, 0.2) is 65.0 Å². The molecule has 2 aromatic heterocycles. The van der Waals surface area contributed by atoms with Crippen molar-refractivity contribution >= 4 is 38.0 Å². The van der Waals surface area contributed by atoms with Crippen molar-refractivity contribution in [3.63, 3.8) is 0 Å². The Hall–Kier alpha value is -2.28. The van der Waals surface area contributed by atoms with E-state index in [0.717, 1.165) is 35.7 Å². The molecule has 28 heavy (non-hydrogen) atoms. The Morgan fingerprint density at radius 2 is 1.79 bits per heavy atom. The number of fused-ring (bicyclic) bond motifs is 1. The molecule has 0 spiro atoms. The predicted molar refractivity (Wildman–Crippen MR) is 117 cm³/mol. The molecule has 0 aliphatic heterocycles. The third-order valence-electron chi connectivity index (χ3n) is 4.81. The van der Waals surface area contributed by atoms with Crippen molar-refractivity contribution in [3.8, 4) is 11.3 Å². The molecule has 0 aliphatic carbocycles. The Labute approximate surface area is 172 Å². The first-order valence-corrected chi connectivity index (χ1v) is 11.2. The van der Waals surface area contributed by atoms with E-state index < -0.39 is 0 Å². The lowest BCUT2D eigenvalue weighted by molar-refractivity contribution is -0.655. The summed E-state index contributed by atoms with van der Waals surface area (Å²) in [5, 5.41) is 12.3. The number of nitrogens with zero attached hydrogens (tertiary/aromatic N) is 3. The van der Waals surface area contributed by atoms with E-state index in [-0.39, 0.29) is 6.61 Å². The summed E-state index contributed by atoms with van der Waals surface area (Å²) in [6.07, 6.45) is 2.92. The van der Waals surface area contributed by atoms with E-state index in [2.05, 4.69) is 70.1 Å². The van der Waals surface area contributed by atoms with Crippen molar-refractivity contribution in [2.75, 3.05) is 6.61 Å². The van der Waals surface area contributed by atoms with Crippen LogP contribution in [0.3, 0.4) is 0 Å². The van der Waals surface area contributed by atoms with Crippen LogP contribution in [-0.4, -0.2) is 16.3 Å². The van der Waals surface area contributed by atoms with E-state index in [9.17, 15) is 0 Å². The normalized spacial score (nSPS) is 12.1. The number of thiazole rings is 2. The second-order valence-electron chi connectivity index (χ2n) is 6.73. The number of rotatable bonds is 7. The molecule has 0 saturated heterocycles. The van der Waals surface area contributed by atoms with Crippen LogP contribution in [0, 0.1) is 0 Å². The molecule has 2 heterocycles.